The van der Waals surface area contributed by atoms with Crippen molar-refractivity contribution in [3.05, 3.63) is 58.2 Å². The zero-order chi connectivity index (χ0) is 27.3. The molecule has 0 saturated carbocycles. The van der Waals surface area contributed by atoms with E-state index < -0.39 is 54.6 Å². The van der Waals surface area contributed by atoms with Crippen LogP contribution in [0.15, 0.2) is 47.7 Å². The van der Waals surface area contributed by atoms with E-state index in [1.165, 1.54) is 28.0 Å². The van der Waals surface area contributed by atoms with E-state index >= 15 is 0 Å². The Bertz CT molecular complexity index is 1120. The van der Waals surface area contributed by atoms with Gasteiger partial charge in [-0.3, -0.25) is 19.7 Å². The van der Waals surface area contributed by atoms with Crippen LogP contribution in [0, 0.1) is 0 Å². The molecule has 3 rings (SSSR count). The summed E-state index contributed by atoms with van der Waals surface area (Å²) < 4.78 is 44.9. The fraction of sp³-hybridized carbons (Fsp3) is 0.435. The second-order valence-corrected chi connectivity index (χ2v) is 9.33. The van der Waals surface area contributed by atoms with Gasteiger partial charge in [0.1, 0.15) is 12.6 Å². The molecule has 3 atom stereocenters. The number of esters is 1. The first-order chi connectivity index (χ1) is 17.5. The van der Waals surface area contributed by atoms with Crippen molar-refractivity contribution < 1.29 is 31.1 Å². The Morgan fingerprint density at radius 3 is 2.81 bits per heavy atom. The van der Waals surface area contributed by atoms with Crippen molar-refractivity contribution in [3.63, 3.8) is 0 Å². The van der Waals surface area contributed by atoms with E-state index in [1.807, 2.05) is 17.5 Å². The Kier molecular flexibility index (Phi) is 6.81. The minimum atomic E-state index is -1.15. The molecule has 1 aromatic heterocycles. The van der Waals surface area contributed by atoms with Crippen molar-refractivity contribution in [2.45, 2.75) is 37.1 Å². The maximum absolute atomic E-state index is 13.3. The summed E-state index contributed by atoms with van der Waals surface area (Å²) >= 11 is 3.01. The van der Waals surface area contributed by atoms with Crippen LogP contribution in [0.4, 0.5) is 0 Å². The maximum Gasteiger partial charge on any atom is 0.323 e. The Morgan fingerprint density at radius 1 is 1.38 bits per heavy atom. The highest BCUT2D eigenvalue weighted by Crippen LogP contribution is 2.35. The number of benzene rings is 1. The third kappa shape index (κ3) is 6.82. The van der Waals surface area contributed by atoms with Crippen molar-refractivity contribution in [1.82, 2.24) is 10.2 Å². The van der Waals surface area contributed by atoms with Gasteiger partial charge in [0.25, 0.3) is 0 Å². The summed E-state index contributed by atoms with van der Waals surface area (Å²) in [6.07, 6.45) is -0.0224. The largest absolute Gasteiger partial charge is 0.480 e. The normalized spacial score (nSPS) is 22.1. The Labute approximate surface area is 203 Å². The van der Waals surface area contributed by atoms with Crippen LogP contribution < -0.4 is 5.32 Å². The number of rotatable bonds is 10. The second-order valence-electron chi connectivity index (χ2n) is 7.12. The summed E-state index contributed by atoms with van der Waals surface area (Å²) in [5.74, 6) is -1.96. The van der Waals surface area contributed by atoms with Crippen LogP contribution in [0.1, 0.15) is 35.9 Å². The van der Waals surface area contributed by atoms with Crippen LogP contribution in [0.3, 0.4) is 0 Å². The van der Waals surface area contributed by atoms with E-state index in [9.17, 15) is 19.5 Å². The van der Waals surface area contributed by atoms with Gasteiger partial charge in [-0.25, -0.2) is 0 Å². The number of thioether (sulfide) groups is 1. The average molecular weight is 482 g/mol. The van der Waals surface area contributed by atoms with Gasteiger partial charge in [0.05, 0.1) is 24.8 Å². The minimum absolute atomic E-state index is 0.00848. The van der Waals surface area contributed by atoms with Gasteiger partial charge in [-0.05, 0) is 36.8 Å². The molecule has 172 valence electrons. The van der Waals surface area contributed by atoms with Crippen molar-refractivity contribution in [1.29, 1.82) is 0 Å². The molecule has 0 aliphatic carbocycles. The van der Waals surface area contributed by atoms with Gasteiger partial charge >= 0.3 is 11.9 Å². The van der Waals surface area contributed by atoms with Gasteiger partial charge in [-0.1, -0.05) is 36.3 Å². The van der Waals surface area contributed by atoms with Crippen LogP contribution in [0.5, 0.6) is 0 Å². The first-order valence-corrected chi connectivity index (χ1v) is 12.1. The first-order valence-electron chi connectivity index (χ1n) is 12.7. The number of carboxylic acid groups (broad SMARTS) is 1. The van der Waals surface area contributed by atoms with Gasteiger partial charge in [-0.15, -0.1) is 23.1 Å². The smallest absolute Gasteiger partial charge is 0.323 e. The predicted octanol–water partition coefficient (Wildman–Crippen LogP) is 2.97. The first kappa shape index (κ1) is 18.1. The number of hydrogen-bond acceptors (Lipinski definition) is 7. The number of carboxylic acids is 1. The number of ether oxygens (including phenoxy) is 1. The van der Waals surface area contributed by atoms with Crippen LogP contribution in [0.2, 0.25) is 0 Å². The van der Waals surface area contributed by atoms with E-state index in [1.54, 1.807) is 6.92 Å². The lowest BCUT2D eigenvalue weighted by Gasteiger charge is -2.26. The van der Waals surface area contributed by atoms with E-state index in [-0.39, 0.29) is 54.6 Å². The fourth-order valence-electron chi connectivity index (χ4n) is 3.36. The van der Waals surface area contributed by atoms with Crippen molar-refractivity contribution in [2.24, 2.45) is 0 Å². The summed E-state index contributed by atoms with van der Waals surface area (Å²) in [7, 11) is 0. The zero-order valence-corrected chi connectivity index (χ0v) is 19.2. The Balaban J connectivity index is 1.84. The number of carbonyl (C=O) groups excluding carboxylic acids is 2. The Hall–Kier alpha value is -2.36. The summed E-state index contributed by atoms with van der Waals surface area (Å²) in [6, 6.07) is -0.199. The molecule has 1 aliphatic rings. The number of nitrogens with one attached hydrogen (secondary N) is 1. The number of hydrogen-bond donors (Lipinski definition) is 2. The lowest BCUT2D eigenvalue weighted by molar-refractivity contribution is -0.148. The van der Waals surface area contributed by atoms with Crippen LogP contribution in [0.25, 0.3) is 0 Å². The van der Waals surface area contributed by atoms with Crippen molar-refractivity contribution in [3.8, 4) is 0 Å². The molecule has 1 aromatic carbocycles. The highest BCUT2D eigenvalue weighted by atomic mass is 32.2. The number of nitrogens with zero attached hydrogens (tertiary/aromatic N) is 1. The number of thiophene rings is 1. The second kappa shape index (κ2) is 12.0. The van der Waals surface area contributed by atoms with E-state index in [0.717, 1.165) is 4.88 Å². The predicted molar refractivity (Wildman–Crippen MR) is 126 cm³/mol. The molecule has 1 fully saturated rings. The van der Waals surface area contributed by atoms with Gasteiger partial charge in [0, 0.05) is 17.2 Å². The highest BCUT2D eigenvalue weighted by Gasteiger charge is 2.36. The van der Waals surface area contributed by atoms with Crippen LogP contribution in [-0.4, -0.2) is 65.4 Å². The van der Waals surface area contributed by atoms with Crippen LogP contribution in [-0.2, 0) is 25.5 Å². The average Bonchev–Trinajstić information content (AvgIpc) is 3.35. The Morgan fingerprint density at radius 2 is 2.16 bits per heavy atom. The number of aliphatic carboxylic acids is 1. The summed E-state index contributed by atoms with van der Waals surface area (Å²) in [5, 5.41) is 14.2. The standard InChI is InChI=1S/C23H28N2O5S2/c1-2-30-23(29)17(11-10-16-7-4-3-5-8-16)24-18-15-32-20(19-9-6-12-31-19)13-25(22(18)28)14-21(26)27/h3-9,12,17-18,20,24H,2,10-11,13-15H2,1H3,(H,26,27)/t17-,18-,20-/m0/s1/i3D,4D,5D,7D,8D. The van der Waals surface area contributed by atoms with Crippen molar-refractivity contribution >= 4 is 40.9 Å². The molecular formula is C23H28N2O5S2. The minimum Gasteiger partial charge on any atom is -0.480 e. The van der Waals surface area contributed by atoms with Gasteiger partial charge < -0.3 is 14.7 Å². The van der Waals surface area contributed by atoms with Crippen LogP contribution >= 0.6 is 23.1 Å². The van der Waals surface area contributed by atoms with Crippen molar-refractivity contribution in [2.75, 3.05) is 25.4 Å². The summed E-state index contributed by atoms with van der Waals surface area (Å²) in [6.45, 7) is 1.45. The molecule has 1 saturated heterocycles. The SMILES string of the molecule is [2H]c1c([2H])c([2H])c(CC[C@H](N[C@H]2CS[C@H](c3cccs3)CN(CC(=O)O)C2=O)C(=O)OCC)c([2H])c1[2H]. The quantitative estimate of drug-likeness (QED) is 0.504. The molecule has 2 heterocycles. The van der Waals surface area contributed by atoms with Gasteiger partial charge in [0.2, 0.25) is 5.91 Å². The van der Waals surface area contributed by atoms with E-state index in [4.69, 9.17) is 11.6 Å². The zero-order valence-electron chi connectivity index (χ0n) is 22.6. The molecule has 0 spiro atoms. The number of amides is 1. The third-order valence-corrected chi connectivity index (χ3v) is 7.32. The molecule has 0 radical (unpaired) electrons. The number of carbonyl (C=O) groups is 3. The summed E-state index contributed by atoms with van der Waals surface area (Å²) in [5.41, 5.74) is 0.0638. The molecule has 7 nitrogen and oxygen atoms in total. The fourth-order valence-corrected chi connectivity index (χ4v) is 5.62. The lowest BCUT2D eigenvalue weighted by atomic mass is 10.0. The topological polar surface area (TPSA) is 95.9 Å². The van der Waals surface area contributed by atoms with E-state index in [0.29, 0.717) is 0 Å². The van der Waals surface area contributed by atoms with Gasteiger partial charge in [0.15, 0.2) is 0 Å². The monoisotopic (exact) mass is 481 g/mol. The molecule has 1 amide bonds. The molecule has 1 aliphatic heterocycles. The lowest BCUT2D eigenvalue weighted by Crippen LogP contribution is -2.53. The molecule has 2 N–H and O–H groups in total. The molecule has 9 heteroatoms. The summed E-state index contributed by atoms with van der Waals surface area (Å²) in [4.78, 5) is 39.9. The molecule has 32 heavy (non-hydrogen) atoms. The third-order valence-electron chi connectivity index (χ3n) is 4.85. The molecule has 2 aromatic rings. The highest BCUT2D eigenvalue weighted by molar-refractivity contribution is 7.99. The molecular weight excluding hydrogens is 448 g/mol. The maximum atomic E-state index is 13.3. The molecule has 0 bridgehead atoms. The van der Waals surface area contributed by atoms with E-state index in [2.05, 4.69) is 5.32 Å². The molecule has 0 unspecified atom stereocenters. The van der Waals surface area contributed by atoms with Gasteiger partial charge in [-0.2, -0.15) is 0 Å².